The molecule has 4 rings (SSSR count). The molecular formula is C21H17N5O3. The molecule has 0 aliphatic carbocycles. The Kier molecular flexibility index (Phi) is 4.74. The van der Waals surface area contributed by atoms with E-state index in [1.165, 1.54) is 7.11 Å². The van der Waals surface area contributed by atoms with E-state index in [0.29, 0.717) is 22.4 Å². The Hall–Kier alpha value is -4.07. The topological polar surface area (TPSA) is 99.0 Å². The van der Waals surface area contributed by atoms with Gasteiger partial charge in [0.15, 0.2) is 5.65 Å². The van der Waals surface area contributed by atoms with Gasteiger partial charge in [0.1, 0.15) is 5.52 Å². The van der Waals surface area contributed by atoms with Gasteiger partial charge in [-0.2, -0.15) is 4.68 Å². The molecule has 0 aliphatic rings. The van der Waals surface area contributed by atoms with Gasteiger partial charge in [0.05, 0.1) is 24.0 Å². The van der Waals surface area contributed by atoms with E-state index < -0.39 is 5.97 Å². The van der Waals surface area contributed by atoms with E-state index in [1.54, 1.807) is 59.4 Å². The SMILES string of the molecule is COC(=O)c1ccccc1NC(=O)c1ccc(-n2nnc3cccnc32)c(C)c1. The molecule has 8 nitrogen and oxygen atoms in total. The van der Waals surface area contributed by atoms with Crippen LogP contribution in [-0.2, 0) is 4.74 Å². The molecule has 0 saturated carbocycles. The van der Waals surface area contributed by atoms with Crippen LogP contribution in [0.5, 0.6) is 0 Å². The molecule has 0 radical (unpaired) electrons. The Morgan fingerprint density at radius 2 is 1.90 bits per heavy atom. The van der Waals surface area contributed by atoms with Gasteiger partial charge in [-0.05, 0) is 55.0 Å². The molecule has 0 atom stereocenters. The molecule has 2 heterocycles. The molecule has 4 aromatic rings. The number of fused-ring (bicyclic) bond motifs is 1. The van der Waals surface area contributed by atoms with E-state index in [-0.39, 0.29) is 11.5 Å². The molecule has 0 unspecified atom stereocenters. The molecule has 1 amide bonds. The molecule has 29 heavy (non-hydrogen) atoms. The maximum absolute atomic E-state index is 12.7. The number of esters is 1. The fourth-order valence-electron chi connectivity index (χ4n) is 3.04. The number of hydrogen-bond donors (Lipinski definition) is 1. The van der Waals surface area contributed by atoms with Gasteiger partial charge < -0.3 is 10.1 Å². The smallest absolute Gasteiger partial charge is 0.339 e. The van der Waals surface area contributed by atoms with Gasteiger partial charge in [-0.25, -0.2) is 9.78 Å². The second-order valence-electron chi connectivity index (χ2n) is 6.34. The van der Waals surface area contributed by atoms with Crippen molar-refractivity contribution < 1.29 is 14.3 Å². The number of benzene rings is 2. The lowest BCUT2D eigenvalue weighted by Gasteiger charge is -2.11. The number of anilines is 1. The first-order valence-corrected chi connectivity index (χ1v) is 8.84. The van der Waals surface area contributed by atoms with Gasteiger partial charge >= 0.3 is 5.97 Å². The first-order chi connectivity index (χ1) is 14.1. The molecule has 1 N–H and O–H groups in total. The molecular weight excluding hydrogens is 370 g/mol. The average molecular weight is 387 g/mol. The predicted molar refractivity (Wildman–Crippen MR) is 107 cm³/mol. The van der Waals surface area contributed by atoms with Crippen LogP contribution >= 0.6 is 0 Å². The second-order valence-corrected chi connectivity index (χ2v) is 6.34. The summed E-state index contributed by atoms with van der Waals surface area (Å²) in [6.07, 6.45) is 1.68. The van der Waals surface area contributed by atoms with Crippen molar-refractivity contribution in [2.45, 2.75) is 6.92 Å². The predicted octanol–water partition coefficient (Wildman–Crippen LogP) is 3.16. The van der Waals surface area contributed by atoms with E-state index in [9.17, 15) is 9.59 Å². The maximum Gasteiger partial charge on any atom is 0.339 e. The summed E-state index contributed by atoms with van der Waals surface area (Å²) in [5.41, 5.74) is 4.06. The van der Waals surface area contributed by atoms with Crippen LogP contribution in [0.15, 0.2) is 60.8 Å². The quantitative estimate of drug-likeness (QED) is 0.540. The Balaban J connectivity index is 1.63. The van der Waals surface area contributed by atoms with Crippen molar-refractivity contribution >= 4 is 28.7 Å². The number of nitrogens with one attached hydrogen (secondary N) is 1. The molecule has 0 aliphatic heterocycles. The zero-order valence-corrected chi connectivity index (χ0v) is 15.8. The Bertz CT molecular complexity index is 1230. The lowest BCUT2D eigenvalue weighted by atomic mass is 10.1. The number of hydrogen-bond acceptors (Lipinski definition) is 6. The van der Waals surface area contributed by atoms with Crippen molar-refractivity contribution in [2.75, 3.05) is 12.4 Å². The molecule has 2 aromatic heterocycles. The third-order valence-electron chi connectivity index (χ3n) is 4.48. The van der Waals surface area contributed by atoms with Gasteiger partial charge in [0, 0.05) is 11.8 Å². The fraction of sp³-hybridized carbons (Fsp3) is 0.0952. The second kappa shape index (κ2) is 7.51. The minimum atomic E-state index is -0.516. The molecule has 0 fully saturated rings. The summed E-state index contributed by atoms with van der Waals surface area (Å²) < 4.78 is 6.40. The highest BCUT2D eigenvalue weighted by Crippen LogP contribution is 2.21. The van der Waals surface area contributed by atoms with Gasteiger partial charge in [0.2, 0.25) is 0 Å². The maximum atomic E-state index is 12.7. The molecule has 0 saturated heterocycles. The number of carbonyl (C=O) groups is 2. The minimum Gasteiger partial charge on any atom is -0.465 e. The Morgan fingerprint density at radius 3 is 2.69 bits per heavy atom. The first kappa shape index (κ1) is 18.3. The van der Waals surface area contributed by atoms with E-state index in [4.69, 9.17) is 4.74 Å². The third-order valence-corrected chi connectivity index (χ3v) is 4.48. The number of aryl methyl sites for hydroxylation is 1. The van der Waals surface area contributed by atoms with Gasteiger partial charge in [0.25, 0.3) is 5.91 Å². The number of carbonyl (C=O) groups excluding carboxylic acids is 2. The minimum absolute atomic E-state index is 0.289. The van der Waals surface area contributed by atoms with Crippen LogP contribution in [0.25, 0.3) is 16.9 Å². The Labute approximate surface area is 166 Å². The summed E-state index contributed by atoms with van der Waals surface area (Å²) in [6, 6.07) is 15.6. The number of para-hydroxylation sites is 1. The summed E-state index contributed by atoms with van der Waals surface area (Å²) in [7, 11) is 1.30. The lowest BCUT2D eigenvalue weighted by Crippen LogP contribution is -2.16. The number of rotatable bonds is 4. The summed E-state index contributed by atoms with van der Waals surface area (Å²) in [6.45, 7) is 1.88. The van der Waals surface area contributed by atoms with Crippen LogP contribution < -0.4 is 5.32 Å². The molecule has 0 bridgehead atoms. The van der Waals surface area contributed by atoms with Gasteiger partial charge in [-0.15, -0.1) is 5.10 Å². The van der Waals surface area contributed by atoms with E-state index in [1.807, 2.05) is 13.0 Å². The third kappa shape index (κ3) is 3.43. The van der Waals surface area contributed by atoms with Crippen molar-refractivity contribution in [1.29, 1.82) is 0 Å². The fourth-order valence-corrected chi connectivity index (χ4v) is 3.04. The largest absolute Gasteiger partial charge is 0.465 e. The highest BCUT2D eigenvalue weighted by molar-refractivity contribution is 6.08. The zero-order chi connectivity index (χ0) is 20.4. The highest BCUT2D eigenvalue weighted by Gasteiger charge is 2.16. The zero-order valence-electron chi connectivity index (χ0n) is 15.8. The van der Waals surface area contributed by atoms with Crippen molar-refractivity contribution in [3.63, 3.8) is 0 Å². The summed E-state index contributed by atoms with van der Waals surface area (Å²) >= 11 is 0. The monoisotopic (exact) mass is 387 g/mol. The van der Waals surface area contributed by atoms with Crippen molar-refractivity contribution in [3.8, 4) is 5.69 Å². The highest BCUT2D eigenvalue weighted by atomic mass is 16.5. The average Bonchev–Trinajstić information content (AvgIpc) is 3.17. The van der Waals surface area contributed by atoms with Crippen LogP contribution in [-0.4, -0.2) is 39.0 Å². The number of pyridine rings is 1. The van der Waals surface area contributed by atoms with Crippen molar-refractivity contribution in [2.24, 2.45) is 0 Å². The molecule has 144 valence electrons. The van der Waals surface area contributed by atoms with Crippen LogP contribution in [0.1, 0.15) is 26.3 Å². The number of nitrogens with zero attached hydrogens (tertiary/aromatic N) is 4. The lowest BCUT2D eigenvalue weighted by molar-refractivity contribution is 0.0602. The molecule has 8 heteroatoms. The summed E-state index contributed by atoms with van der Waals surface area (Å²) in [4.78, 5) is 28.9. The van der Waals surface area contributed by atoms with Crippen LogP contribution in [0.2, 0.25) is 0 Å². The normalized spacial score (nSPS) is 10.7. The summed E-state index contributed by atoms with van der Waals surface area (Å²) in [5, 5.41) is 11.0. The van der Waals surface area contributed by atoms with Crippen LogP contribution in [0.3, 0.4) is 0 Å². The van der Waals surface area contributed by atoms with Gasteiger partial charge in [-0.1, -0.05) is 17.3 Å². The van der Waals surface area contributed by atoms with Crippen LogP contribution in [0.4, 0.5) is 5.69 Å². The molecule has 2 aromatic carbocycles. The molecule has 0 spiro atoms. The van der Waals surface area contributed by atoms with E-state index in [2.05, 4.69) is 20.6 Å². The van der Waals surface area contributed by atoms with E-state index in [0.717, 1.165) is 11.3 Å². The first-order valence-electron chi connectivity index (χ1n) is 8.84. The standard InChI is InChI=1S/C21H17N5O3/c1-13-12-14(20(27)23-16-7-4-3-6-15(16)21(28)29-2)9-10-18(13)26-19-17(24-25-26)8-5-11-22-19/h3-12H,1-2H3,(H,23,27). The van der Waals surface area contributed by atoms with Crippen LogP contribution in [0, 0.1) is 6.92 Å². The summed E-state index contributed by atoms with van der Waals surface area (Å²) in [5.74, 6) is -0.851. The van der Waals surface area contributed by atoms with Gasteiger partial charge in [-0.3, -0.25) is 4.79 Å². The number of aromatic nitrogens is 4. The van der Waals surface area contributed by atoms with Crippen molar-refractivity contribution in [1.82, 2.24) is 20.0 Å². The number of ether oxygens (including phenoxy) is 1. The number of amides is 1. The number of methoxy groups -OCH3 is 1. The van der Waals surface area contributed by atoms with E-state index >= 15 is 0 Å². The van der Waals surface area contributed by atoms with Crippen molar-refractivity contribution in [3.05, 3.63) is 77.5 Å². The Morgan fingerprint density at radius 1 is 1.07 bits per heavy atom.